The molecule has 0 fully saturated rings. The predicted octanol–water partition coefficient (Wildman–Crippen LogP) is 1.99. The van der Waals surface area contributed by atoms with Gasteiger partial charge in [-0.1, -0.05) is 33.6 Å². The van der Waals surface area contributed by atoms with E-state index in [1.807, 2.05) is 6.07 Å². The molecule has 0 aliphatic heterocycles. The highest BCUT2D eigenvalue weighted by molar-refractivity contribution is 7.13. The fourth-order valence-corrected chi connectivity index (χ4v) is 2.28. The van der Waals surface area contributed by atoms with Gasteiger partial charge in [0.25, 0.3) is 0 Å². The van der Waals surface area contributed by atoms with E-state index in [4.69, 9.17) is 14.9 Å². The number of aliphatic hydroxyl groups is 3. The zero-order valence-electron chi connectivity index (χ0n) is 13.0. The van der Waals surface area contributed by atoms with Gasteiger partial charge in [-0.3, -0.25) is 0 Å². The van der Waals surface area contributed by atoms with Crippen molar-refractivity contribution in [1.29, 1.82) is 0 Å². The molecule has 0 bridgehead atoms. The number of thiophene rings is 1. The minimum Gasteiger partial charge on any atom is -0.458 e. The Balaban J connectivity index is 0.00000122. The first-order valence-corrected chi connectivity index (χ1v) is 7.97. The highest BCUT2D eigenvalue weighted by Gasteiger charge is 2.27. The van der Waals surface area contributed by atoms with Crippen molar-refractivity contribution in [3.05, 3.63) is 21.9 Å². The summed E-state index contributed by atoms with van der Waals surface area (Å²) in [7, 11) is 0. The fraction of sp³-hybridized carbons (Fsp3) is 0.667. The van der Waals surface area contributed by atoms with Crippen LogP contribution in [0.25, 0.3) is 0 Å². The first kappa shape index (κ1) is 20.1. The van der Waals surface area contributed by atoms with Gasteiger partial charge in [0.2, 0.25) is 0 Å². The van der Waals surface area contributed by atoms with Crippen LogP contribution in [0.2, 0.25) is 0 Å². The number of carbonyl (C=O) groups is 1. The molecule has 0 amide bonds. The second-order valence-corrected chi connectivity index (χ2v) is 6.01. The SMILES string of the molecule is CCC.CCCc1ccc(C(=O)OCC(O)(CO)CO)s1. The van der Waals surface area contributed by atoms with Crippen LogP contribution < -0.4 is 0 Å². The zero-order valence-corrected chi connectivity index (χ0v) is 13.8. The normalized spacial score (nSPS) is 10.8. The molecule has 0 aromatic carbocycles. The molecule has 0 unspecified atom stereocenters. The quantitative estimate of drug-likeness (QED) is 0.669. The van der Waals surface area contributed by atoms with Crippen molar-refractivity contribution in [3.63, 3.8) is 0 Å². The summed E-state index contributed by atoms with van der Waals surface area (Å²) in [5, 5.41) is 27.2. The summed E-state index contributed by atoms with van der Waals surface area (Å²) < 4.78 is 4.87. The number of carbonyl (C=O) groups excluding carboxylic acids is 1. The second kappa shape index (κ2) is 10.7. The van der Waals surface area contributed by atoms with E-state index in [1.165, 1.54) is 17.8 Å². The average Bonchev–Trinajstić information content (AvgIpc) is 2.94. The topological polar surface area (TPSA) is 87.0 Å². The number of ether oxygens (including phenoxy) is 1. The zero-order chi connectivity index (χ0) is 16.3. The molecule has 0 saturated heterocycles. The van der Waals surface area contributed by atoms with Crippen molar-refractivity contribution in [3.8, 4) is 0 Å². The van der Waals surface area contributed by atoms with Gasteiger partial charge in [0, 0.05) is 4.88 Å². The highest BCUT2D eigenvalue weighted by atomic mass is 32.1. The number of esters is 1. The monoisotopic (exact) mass is 318 g/mol. The van der Waals surface area contributed by atoms with E-state index in [-0.39, 0.29) is 0 Å². The fourth-order valence-electron chi connectivity index (χ4n) is 1.28. The molecule has 5 nitrogen and oxygen atoms in total. The Labute approximate surface area is 130 Å². The molecule has 6 heteroatoms. The van der Waals surface area contributed by atoms with Crippen LogP contribution in [-0.4, -0.2) is 46.7 Å². The number of hydrogen-bond donors (Lipinski definition) is 3. The van der Waals surface area contributed by atoms with Gasteiger partial charge in [-0.05, 0) is 18.6 Å². The van der Waals surface area contributed by atoms with E-state index in [0.717, 1.165) is 17.7 Å². The van der Waals surface area contributed by atoms with Crippen molar-refractivity contribution in [1.82, 2.24) is 0 Å². The van der Waals surface area contributed by atoms with Gasteiger partial charge in [0.1, 0.15) is 17.1 Å². The third-order valence-electron chi connectivity index (χ3n) is 2.42. The molecule has 1 rings (SSSR count). The number of rotatable bonds is 7. The van der Waals surface area contributed by atoms with E-state index in [2.05, 4.69) is 20.8 Å². The van der Waals surface area contributed by atoms with Gasteiger partial charge in [-0.2, -0.15) is 0 Å². The van der Waals surface area contributed by atoms with E-state index >= 15 is 0 Å². The summed E-state index contributed by atoms with van der Waals surface area (Å²) in [5.74, 6) is -0.553. The summed E-state index contributed by atoms with van der Waals surface area (Å²) in [5.41, 5.74) is -1.78. The Morgan fingerprint density at radius 3 is 2.29 bits per heavy atom. The van der Waals surface area contributed by atoms with Gasteiger partial charge in [0.15, 0.2) is 0 Å². The highest BCUT2D eigenvalue weighted by Crippen LogP contribution is 2.19. The van der Waals surface area contributed by atoms with Crippen molar-refractivity contribution in [2.24, 2.45) is 0 Å². The molecule has 0 aliphatic carbocycles. The lowest BCUT2D eigenvalue weighted by Gasteiger charge is -2.22. The lowest BCUT2D eigenvalue weighted by Crippen LogP contribution is -2.43. The lowest BCUT2D eigenvalue weighted by molar-refractivity contribution is -0.0916. The standard InChI is InChI=1S/C12H18O5S.C3H8/c1-2-3-9-4-5-10(18-9)11(15)17-8-12(16,6-13)7-14;1-3-2/h4-5,13-14,16H,2-3,6-8H2,1H3;3H2,1-2H3. The van der Waals surface area contributed by atoms with Crippen molar-refractivity contribution in [2.45, 2.75) is 45.6 Å². The number of hydrogen-bond acceptors (Lipinski definition) is 6. The van der Waals surface area contributed by atoms with Crippen LogP contribution in [0.3, 0.4) is 0 Å². The van der Waals surface area contributed by atoms with E-state index in [0.29, 0.717) is 4.88 Å². The molecule has 0 aliphatic rings. The minimum atomic E-state index is -1.78. The van der Waals surface area contributed by atoms with Gasteiger partial charge >= 0.3 is 5.97 Å². The number of aryl methyl sites for hydroxylation is 1. The Hall–Kier alpha value is -0.950. The third-order valence-corrected chi connectivity index (χ3v) is 3.54. The Morgan fingerprint density at radius 1 is 1.24 bits per heavy atom. The van der Waals surface area contributed by atoms with Gasteiger partial charge < -0.3 is 20.1 Å². The van der Waals surface area contributed by atoms with Crippen LogP contribution in [0, 0.1) is 0 Å². The third kappa shape index (κ3) is 7.57. The van der Waals surface area contributed by atoms with Crippen LogP contribution in [0.1, 0.15) is 48.2 Å². The van der Waals surface area contributed by atoms with Crippen LogP contribution in [0.15, 0.2) is 12.1 Å². The number of aliphatic hydroxyl groups excluding tert-OH is 2. The van der Waals surface area contributed by atoms with Gasteiger partial charge in [0.05, 0.1) is 13.2 Å². The Bertz CT molecular complexity index is 399. The lowest BCUT2D eigenvalue weighted by atomic mass is 10.1. The molecule has 122 valence electrons. The van der Waals surface area contributed by atoms with Crippen molar-refractivity contribution in [2.75, 3.05) is 19.8 Å². The van der Waals surface area contributed by atoms with Gasteiger partial charge in [-0.15, -0.1) is 11.3 Å². The maximum absolute atomic E-state index is 11.7. The summed E-state index contributed by atoms with van der Waals surface area (Å²) >= 11 is 1.35. The van der Waals surface area contributed by atoms with Crippen LogP contribution in [0.4, 0.5) is 0 Å². The molecule has 1 aromatic rings. The van der Waals surface area contributed by atoms with Crippen molar-refractivity contribution < 1.29 is 24.9 Å². The summed E-state index contributed by atoms with van der Waals surface area (Å²) in [6.07, 6.45) is 3.17. The predicted molar refractivity (Wildman–Crippen MR) is 83.7 cm³/mol. The van der Waals surface area contributed by atoms with E-state index in [9.17, 15) is 9.90 Å². The minimum absolute atomic E-state index is 0.431. The second-order valence-electron chi connectivity index (χ2n) is 4.84. The first-order valence-electron chi connectivity index (χ1n) is 7.16. The molecule has 0 saturated carbocycles. The Morgan fingerprint density at radius 2 is 1.81 bits per heavy atom. The van der Waals surface area contributed by atoms with E-state index < -0.39 is 31.4 Å². The first-order chi connectivity index (χ1) is 9.96. The molecule has 1 heterocycles. The summed E-state index contributed by atoms with van der Waals surface area (Å²) in [6, 6.07) is 3.55. The summed E-state index contributed by atoms with van der Waals surface area (Å²) in [4.78, 5) is 13.2. The van der Waals surface area contributed by atoms with Gasteiger partial charge in [-0.25, -0.2) is 4.79 Å². The Kier molecular flexibility index (Phi) is 10.2. The smallest absolute Gasteiger partial charge is 0.348 e. The molecular weight excluding hydrogens is 292 g/mol. The molecular formula is C15H26O5S. The summed E-state index contributed by atoms with van der Waals surface area (Å²) in [6.45, 7) is 4.55. The average molecular weight is 318 g/mol. The largest absolute Gasteiger partial charge is 0.458 e. The molecule has 0 radical (unpaired) electrons. The van der Waals surface area contributed by atoms with Crippen LogP contribution >= 0.6 is 11.3 Å². The van der Waals surface area contributed by atoms with Crippen molar-refractivity contribution >= 4 is 17.3 Å². The molecule has 0 atom stereocenters. The van der Waals surface area contributed by atoms with Crippen LogP contribution in [-0.2, 0) is 11.2 Å². The molecule has 3 N–H and O–H groups in total. The molecule has 0 spiro atoms. The maximum Gasteiger partial charge on any atom is 0.348 e. The van der Waals surface area contributed by atoms with E-state index in [1.54, 1.807) is 6.07 Å². The van der Waals surface area contributed by atoms with Crippen LogP contribution in [0.5, 0.6) is 0 Å². The maximum atomic E-state index is 11.7. The molecule has 21 heavy (non-hydrogen) atoms. The molecule has 1 aromatic heterocycles.